The predicted molar refractivity (Wildman–Crippen MR) is 231 cm³/mol. The number of hydrogen-bond acceptors (Lipinski definition) is 0. The van der Waals surface area contributed by atoms with Crippen LogP contribution in [0.3, 0.4) is 0 Å². The first-order valence-corrected chi connectivity index (χ1v) is 19.4. The Labute approximate surface area is 318 Å². The highest BCUT2D eigenvalue weighted by molar-refractivity contribution is 6.09. The normalized spacial score (nSPS) is 17.1. The molecule has 2 heteroatoms. The number of allylic oxidation sites excluding steroid dienone is 6. The van der Waals surface area contributed by atoms with E-state index in [1.54, 1.807) is 5.57 Å². The van der Waals surface area contributed by atoms with Crippen molar-refractivity contribution in [3.63, 3.8) is 0 Å². The standard InChI is InChI=1S/C52H44N2/c1-5-13-42-43-14-7-10-17-49(43)53(48(42)6-2)38-26-20-34(21-27-38)36-24-30-40-41-31-25-37(33-47(41)52(3,4)46(40)32-36)35-22-28-39(29-23-35)54-50-18-11-8-15-44(50)45-16-9-12-19-51(45)54/h5-6,8-13,15-31,33,36H,2,7,14,32H2,1,3-4H3/b13-5-. The van der Waals surface area contributed by atoms with Gasteiger partial charge in [-0.3, -0.25) is 0 Å². The number of rotatable bonds is 6. The summed E-state index contributed by atoms with van der Waals surface area (Å²) in [6.07, 6.45) is 19.0. The van der Waals surface area contributed by atoms with Gasteiger partial charge in [-0.2, -0.15) is 0 Å². The molecule has 54 heavy (non-hydrogen) atoms. The van der Waals surface area contributed by atoms with Crippen molar-refractivity contribution in [2.24, 2.45) is 0 Å². The molecule has 3 aliphatic carbocycles. The molecule has 0 fully saturated rings. The lowest BCUT2D eigenvalue weighted by Gasteiger charge is -2.29. The Morgan fingerprint density at radius 3 is 2.11 bits per heavy atom. The van der Waals surface area contributed by atoms with Crippen LogP contribution in [0.2, 0.25) is 0 Å². The van der Waals surface area contributed by atoms with Crippen molar-refractivity contribution >= 4 is 45.6 Å². The van der Waals surface area contributed by atoms with Gasteiger partial charge in [0.05, 0.1) is 16.7 Å². The Bertz CT molecular complexity index is 2720. The molecule has 0 amide bonds. The highest BCUT2D eigenvalue weighted by Crippen LogP contribution is 2.53. The first-order valence-electron chi connectivity index (χ1n) is 19.4. The molecule has 2 nitrogen and oxygen atoms in total. The lowest BCUT2D eigenvalue weighted by atomic mass is 9.74. The van der Waals surface area contributed by atoms with Gasteiger partial charge in [-0.05, 0) is 120 Å². The van der Waals surface area contributed by atoms with Crippen LogP contribution in [0.15, 0.2) is 152 Å². The molecule has 0 spiro atoms. The number of hydrogen-bond donors (Lipinski definition) is 0. The third-order valence-corrected chi connectivity index (χ3v) is 12.4. The van der Waals surface area contributed by atoms with E-state index in [1.165, 1.54) is 89.1 Å². The van der Waals surface area contributed by atoms with Gasteiger partial charge < -0.3 is 9.13 Å². The van der Waals surface area contributed by atoms with E-state index in [2.05, 4.69) is 188 Å². The fraction of sp³-hybridized carbons (Fsp3) is 0.154. The summed E-state index contributed by atoms with van der Waals surface area (Å²) in [6.45, 7) is 11.2. The highest BCUT2D eigenvalue weighted by atomic mass is 15.0. The summed E-state index contributed by atoms with van der Waals surface area (Å²) in [4.78, 5) is 0. The molecule has 0 aliphatic heterocycles. The van der Waals surface area contributed by atoms with Crippen LogP contribution < -0.4 is 0 Å². The third-order valence-electron chi connectivity index (χ3n) is 12.4. The minimum Gasteiger partial charge on any atom is -0.310 e. The Morgan fingerprint density at radius 2 is 1.41 bits per heavy atom. The van der Waals surface area contributed by atoms with Crippen molar-refractivity contribution in [1.82, 2.24) is 9.13 Å². The van der Waals surface area contributed by atoms with E-state index in [-0.39, 0.29) is 5.41 Å². The molecule has 2 heterocycles. The highest BCUT2D eigenvalue weighted by Gasteiger charge is 2.39. The SMILES string of the molecule is C=Cc1c(/C=C\C)c2c(n1-c1ccc(C3C=CC4=C(C3)C(C)(C)c3cc(-c5ccc(-n6c7ccccc7c7ccccc76)cc5)ccc34)cc1)C=CCC2. The zero-order valence-electron chi connectivity index (χ0n) is 31.3. The third kappa shape index (κ3) is 4.86. The van der Waals surface area contributed by atoms with Crippen LogP contribution in [0.5, 0.6) is 0 Å². The predicted octanol–water partition coefficient (Wildman–Crippen LogP) is 13.7. The van der Waals surface area contributed by atoms with Crippen molar-refractivity contribution < 1.29 is 0 Å². The molecular weight excluding hydrogens is 653 g/mol. The number of benzene rings is 5. The van der Waals surface area contributed by atoms with Crippen molar-refractivity contribution in [3.05, 3.63) is 191 Å². The van der Waals surface area contributed by atoms with E-state index in [9.17, 15) is 0 Å². The van der Waals surface area contributed by atoms with Crippen LogP contribution in [-0.4, -0.2) is 9.13 Å². The molecule has 7 aromatic rings. The summed E-state index contributed by atoms with van der Waals surface area (Å²) in [5, 5.41) is 2.58. The fourth-order valence-corrected chi connectivity index (χ4v) is 9.67. The van der Waals surface area contributed by atoms with Crippen LogP contribution in [0.25, 0.3) is 68.1 Å². The van der Waals surface area contributed by atoms with Gasteiger partial charge in [-0.15, -0.1) is 0 Å². The average Bonchev–Trinajstić information content (AvgIpc) is 3.81. The van der Waals surface area contributed by atoms with Gasteiger partial charge >= 0.3 is 0 Å². The molecule has 0 radical (unpaired) electrons. The zero-order chi connectivity index (χ0) is 36.6. The first kappa shape index (κ1) is 32.5. The molecule has 1 unspecified atom stereocenters. The molecule has 0 N–H and O–H groups in total. The quantitative estimate of drug-likeness (QED) is 0.164. The molecular formula is C52H44N2. The number of aromatic nitrogens is 2. The second kappa shape index (κ2) is 12.5. The minimum absolute atomic E-state index is 0.0505. The molecule has 5 aromatic carbocycles. The van der Waals surface area contributed by atoms with Crippen molar-refractivity contribution in [1.29, 1.82) is 0 Å². The minimum atomic E-state index is -0.0505. The summed E-state index contributed by atoms with van der Waals surface area (Å²) in [5.41, 5.74) is 19.6. The Hall–Kier alpha value is -6.12. The van der Waals surface area contributed by atoms with E-state index < -0.39 is 0 Å². The molecule has 3 aliphatic rings. The number of nitrogens with zero attached hydrogens (tertiary/aromatic N) is 2. The van der Waals surface area contributed by atoms with Crippen molar-refractivity contribution in [3.8, 4) is 22.5 Å². The number of para-hydroxylation sites is 2. The van der Waals surface area contributed by atoms with Gasteiger partial charge in [-0.25, -0.2) is 0 Å². The molecule has 0 bridgehead atoms. The second-order valence-corrected chi connectivity index (χ2v) is 15.6. The van der Waals surface area contributed by atoms with Crippen LogP contribution in [-0.2, 0) is 11.8 Å². The summed E-state index contributed by atoms with van der Waals surface area (Å²) in [7, 11) is 0. The van der Waals surface area contributed by atoms with Crippen LogP contribution in [0.4, 0.5) is 0 Å². The first-order chi connectivity index (χ1) is 26.5. The number of fused-ring (bicyclic) bond motifs is 6. The molecule has 1 atom stereocenters. The van der Waals surface area contributed by atoms with Crippen molar-refractivity contribution in [2.45, 2.75) is 51.4 Å². The Kier molecular flexibility index (Phi) is 7.52. The summed E-state index contributed by atoms with van der Waals surface area (Å²) < 4.78 is 4.78. The summed E-state index contributed by atoms with van der Waals surface area (Å²) in [5.74, 6) is 0.343. The zero-order valence-corrected chi connectivity index (χ0v) is 31.3. The lowest BCUT2D eigenvalue weighted by molar-refractivity contribution is 0.591. The Morgan fingerprint density at radius 1 is 0.741 bits per heavy atom. The summed E-state index contributed by atoms with van der Waals surface area (Å²) >= 11 is 0. The van der Waals surface area contributed by atoms with Gasteiger partial charge in [0.25, 0.3) is 0 Å². The molecule has 2 aromatic heterocycles. The van der Waals surface area contributed by atoms with E-state index in [0.29, 0.717) is 5.92 Å². The summed E-state index contributed by atoms with van der Waals surface area (Å²) in [6, 6.07) is 43.0. The van der Waals surface area contributed by atoms with Crippen LogP contribution in [0, 0.1) is 0 Å². The van der Waals surface area contributed by atoms with Gasteiger partial charge in [0.2, 0.25) is 0 Å². The maximum absolute atomic E-state index is 4.22. The lowest BCUT2D eigenvalue weighted by Crippen LogP contribution is -2.19. The second-order valence-electron chi connectivity index (χ2n) is 15.6. The molecule has 262 valence electrons. The average molecular weight is 697 g/mol. The van der Waals surface area contributed by atoms with Gasteiger partial charge in [0, 0.05) is 44.7 Å². The molecule has 10 rings (SSSR count). The smallest absolute Gasteiger partial charge is 0.0541 e. The van der Waals surface area contributed by atoms with Crippen molar-refractivity contribution in [2.75, 3.05) is 0 Å². The van der Waals surface area contributed by atoms with Crippen LogP contribution >= 0.6 is 0 Å². The maximum atomic E-state index is 4.22. The maximum Gasteiger partial charge on any atom is 0.0541 e. The molecule has 0 saturated carbocycles. The fourth-order valence-electron chi connectivity index (χ4n) is 9.67. The largest absolute Gasteiger partial charge is 0.310 e. The van der Waals surface area contributed by atoms with Gasteiger partial charge in [-0.1, -0.05) is 129 Å². The monoisotopic (exact) mass is 696 g/mol. The van der Waals surface area contributed by atoms with E-state index in [4.69, 9.17) is 0 Å². The Balaban J connectivity index is 0.924. The van der Waals surface area contributed by atoms with Gasteiger partial charge in [0.1, 0.15) is 0 Å². The van der Waals surface area contributed by atoms with E-state index >= 15 is 0 Å². The van der Waals surface area contributed by atoms with Crippen LogP contribution in [0.1, 0.15) is 78.7 Å². The van der Waals surface area contributed by atoms with Gasteiger partial charge in [0.15, 0.2) is 0 Å². The van der Waals surface area contributed by atoms with E-state index in [1.807, 2.05) is 6.08 Å². The van der Waals surface area contributed by atoms with E-state index in [0.717, 1.165) is 19.3 Å². The molecule has 0 saturated heterocycles. The topological polar surface area (TPSA) is 9.86 Å².